The first-order chi connectivity index (χ1) is 8.35. The highest BCUT2D eigenvalue weighted by Crippen LogP contribution is 2.18. The number of carbonyl (C=O) groups excluding carboxylic acids is 1. The van der Waals surface area contributed by atoms with Gasteiger partial charge in [-0.1, -0.05) is 12.1 Å². The molecule has 0 fully saturated rings. The van der Waals surface area contributed by atoms with E-state index >= 15 is 0 Å². The maximum Gasteiger partial charge on any atom is 0.412 e. The lowest BCUT2D eigenvalue weighted by Gasteiger charge is -2.20. The van der Waals surface area contributed by atoms with E-state index in [0.717, 1.165) is 6.21 Å². The molecule has 0 bridgehead atoms. The molecule has 0 aliphatic rings. The fraction of sp³-hybridized carbons (Fsp3) is 0.385. The molecule has 18 heavy (non-hydrogen) atoms. The standard InChI is InChI=1S/C13H18N2O3/c1-13(2,3)18-12(17)15-11-6-9(8-16)4-5-10(11)7-14/h4-7,14,16H,8H2,1-3H3,(H,15,17). The van der Waals surface area contributed by atoms with Crippen molar-refractivity contribution in [2.24, 2.45) is 0 Å². The van der Waals surface area contributed by atoms with Gasteiger partial charge in [0.05, 0.1) is 12.3 Å². The quantitative estimate of drug-likeness (QED) is 0.721. The summed E-state index contributed by atoms with van der Waals surface area (Å²) in [7, 11) is 0. The summed E-state index contributed by atoms with van der Waals surface area (Å²) in [4.78, 5) is 11.6. The molecule has 0 unspecified atom stereocenters. The average molecular weight is 250 g/mol. The molecule has 1 amide bonds. The van der Waals surface area contributed by atoms with Crippen LogP contribution in [0.15, 0.2) is 18.2 Å². The summed E-state index contributed by atoms with van der Waals surface area (Å²) in [6.45, 7) is 5.19. The molecule has 1 rings (SSSR count). The lowest BCUT2D eigenvalue weighted by atomic mass is 10.1. The number of nitrogens with one attached hydrogen (secondary N) is 2. The first kappa shape index (κ1) is 14.2. The number of carbonyl (C=O) groups is 1. The first-order valence-electron chi connectivity index (χ1n) is 5.60. The van der Waals surface area contributed by atoms with E-state index in [9.17, 15) is 4.79 Å². The highest BCUT2D eigenvalue weighted by atomic mass is 16.6. The van der Waals surface area contributed by atoms with Crippen molar-refractivity contribution in [3.63, 3.8) is 0 Å². The van der Waals surface area contributed by atoms with E-state index in [1.165, 1.54) is 0 Å². The van der Waals surface area contributed by atoms with Crippen LogP contribution in [0, 0.1) is 5.41 Å². The van der Waals surface area contributed by atoms with Crippen molar-refractivity contribution in [2.75, 3.05) is 5.32 Å². The number of rotatable bonds is 3. The third kappa shape index (κ3) is 4.18. The van der Waals surface area contributed by atoms with Gasteiger partial charge in [0.1, 0.15) is 5.60 Å². The topological polar surface area (TPSA) is 82.4 Å². The lowest BCUT2D eigenvalue weighted by molar-refractivity contribution is 0.0636. The van der Waals surface area contributed by atoms with E-state index in [2.05, 4.69) is 5.32 Å². The largest absolute Gasteiger partial charge is 0.444 e. The van der Waals surface area contributed by atoms with Gasteiger partial charge in [-0.2, -0.15) is 0 Å². The number of aliphatic hydroxyl groups excluding tert-OH is 1. The van der Waals surface area contributed by atoms with Crippen LogP contribution in [0.5, 0.6) is 0 Å². The Morgan fingerprint density at radius 2 is 2.17 bits per heavy atom. The normalized spacial score (nSPS) is 10.9. The van der Waals surface area contributed by atoms with Crippen LogP contribution in [-0.4, -0.2) is 23.0 Å². The molecule has 0 aliphatic carbocycles. The Labute approximate surface area is 106 Å². The number of aliphatic hydroxyl groups is 1. The molecule has 0 aromatic heterocycles. The van der Waals surface area contributed by atoms with Crippen LogP contribution < -0.4 is 5.32 Å². The Bertz CT molecular complexity index is 450. The van der Waals surface area contributed by atoms with Crippen molar-refractivity contribution >= 4 is 18.0 Å². The van der Waals surface area contributed by atoms with Gasteiger partial charge < -0.3 is 15.3 Å². The van der Waals surface area contributed by atoms with E-state index in [1.54, 1.807) is 39.0 Å². The molecule has 0 radical (unpaired) electrons. The van der Waals surface area contributed by atoms with Crippen LogP contribution in [0.25, 0.3) is 0 Å². The minimum atomic E-state index is -0.583. The molecule has 0 aliphatic heterocycles. The zero-order valence-electron chi connectivity index (χ0n) is 10.8. The smallest absolute Gasteiger partial charge is 0.412 e. The summed E-state index contributed by atoms with van der Waals surface area (Å²) < 4.78 is 5.13. The molecule has 0 saturated carbocycles. The second-order valence-electron chi connectivity index (χ2n) is 4.85. The van der Waals surface area contributed by atoms with Crippen LogP contribution in [0.2, 0.25) is 0 Å². The molecule has 0 heterocycles. The SMILES string of the molecule is CC(C)(C)OC(=O)Nc1cc(CO)ccc1C=N. The van der Waals surface area contributed by atoms with Gasteiger partial charge in [0, 0.05) is 11.8 Å². The highest BCUT2D eigenvalue weighted by molar-refractivity contribution is 5.94. The van der Waals surface area contributed by atoms with E-state index in [0.29, 0.717) is 16.8 Å². The molecular formula is C13H18N2O3. The summed E-state index contributed by atoms with van der Waals surface area (Å²) in [6.07, 6.45) is 0.550. The predicted molar refractivity (Wildman–Crippen MR) is 70.1 cm³/mol. The van der Waals surface area contributed by atoms with Crippen molar-refractivity contribution in [1.29, 1.82) is 5.41 Å². The number of hydrogen-bond acceptors (Lipinski definition) is 4. The van der Waals surface area contributed by atoms with Gasteiger partial charge in [0.25, 0.3) is 0 Å². The molecule has 0 atom stereocenters. The zero-order chi connectivity index (χ0) is 13.8. The third-order valence-corrected chi connectivity index (χ3v) is 2.09. The zero-order valence-corrected chi connectivity index (χ0v) is 10.8. The van der Waals surface area contributed by atoms with E-state index in [4.69, 9.17) is 15.3 Å². The van der Waals surface area contributed by atoms with Crippen molar-refractivity contribution < 1.29 is 14.6 Å². The van der Waals surface area contributed by atoms with Crippen LogP contribution in [0.1, 0.15) is 31.9 Å². The maximum atomic E-state index is 11.6. The molecule has 0 saturated heterocycles. The second-order valence-corrected chi connectivity index (χ2v) is 4.85. The van der Waals surface area contributed by atoms with Crippen LogP contribution in [0.4, 0.5) is 10.5 Å². The van der Waals surface area contributed by atoms with E-state index in [1.807, 2.05) is 0 Å². The van der Waals surface area contributed by atoms with Crippen LogP contribution in [-0.2, 0) is 11.3 Å². The van der Waals surface area contributed by atoms with E-state index in [-0.39, 0.29) is 6.61 Å². The van der Waals surface area contributed by atoms with E-state index < -0.39 is 11.7 Å². The van der Waals surface area contributed by atoms with Gasteiger partial charge >= 0.3 is 6.09 Å². The van der Waals surface area contributed by atoms with Gasteiger partial charge in [-0.05, 0) is 32.4 Å². The van der Waals surface area contributed by atoms with Crippen molar-refractivity contribution in [3.05, 3.63) is 29.3 Å². The molecule has 5 heteroatoms. The highest BCUT2D eigenvalue weighted by Gasteiger charge is 2.17. The van der Waals surface area contributed by atoms with Gasteiger partial charge in [-0.15, -0.1) is 0 Å². The van der Waals surface area contributed by atoms with Crippen LogP contribution >= 0.6 is 0 Å². The number of ether oxygens (including phenoxy) is 1. The van der Waals surface area contributed by atoms with Gasteiger partial charge in [0.15, 0.2) is 0 Å². The Balaban J connectivity index is 2.88. The fourth-order valence-corrected chi connectivity index (χ4v) is 1.35. The number of anilines is 1. The Morgan fingerprint density at radius 3 is 2.67 bits per heavy atom. The van der Waals surface area contributed by atoms with Gasteiger partial charge in [-0.25, -0.2) is 4.79 Å². The van der Waals surface area contributed by atoms with Crippen molar-refractivity contribution in [1.82, 2.24) is 0 Å². The minimum Gasteiger partial charge on any atom is -0.444 e. The molecule has 1 aromatic carbocycles. The average Bonchev–Trinajstić information content (AvgIpc) is 2.26. The monoisotopic (exact) mass is 250 g/mol. The molecular weight excluding hydrogens is 232 g/mol. The second kappa shape index (κ2) is 5.64. The Morgan fingerprint density at radius 1 is 1.50 bits per heavy atom. The third-order valence-electron chi connectivity index (χ3n) is 2.09. The molecule has 1 aromatic rings. The summed E-state index contributed by atoms with van der Waals surface area (Å²) in [5.74, 6) is 0. The summed E-state index contributed by atoms with van der Waals surface area (Å²) in [5.41, 5.74) is 1.08. The van der Waals surface area contributed by atoms with Gasteiger partial charge in [0.2, 0.25) is 0 Å². The lowest BCUT2D eigenvalue weighted by Crippen LogP contribution is -2.27. The maximum absolute atomic E-state index is 11.6. The van der Waals surface area contributed by atoms with Crippen LogP contribution in [0.3, 0.4) is 0 Å². The minimum absolute atomic E-state index is 0.124. The molecule has 0 spiro atoms. The summed E-state index contributed by atoms with van der Waals surface area (Å²) >= 11 is 0. The molecule has 3 N–H and O–H groups in total. The number of hydrogen-bond donors (Lipinski definition) is 3. The predicted octanol–water partition coefficient (Wildman–Crippen LogP) is 2.52. The number of benzene rings is 1. The number of amides is 1. The summed E-state index contributed by atoms with van der Waals surface area (Å²) in [6, 6.07) is 4.97. The Kier molecular flexibility index (Phi) is 4.44. The molecule has 5 nitrogen and oxygen atoms in total. The van der Waals surface area contributed by atoms with Crippen molar-refractivity contribution in [2.45, 2.75) is 33.0 Å². The summed E-state index contributed by atoms with van der Waals surface area (Å²) in [5, 5.41) is 18.9. The first-order valence-corrected chi connectivity index (χ1v) is 5.60. The molecule has 98 valence electrons. The van der Waals surface area contributed by atoms with Gasteiger partial charge in [-0.3, -0.25) is 5.32 Å². The fourth-order valence-electron chi connectivity index (χ4n) is 1.35. The van der Waals surface area contributed by atoms with Crippen molar-refractivity contribution in [3.8, 4) is 0 Å². The Hall–Kier alpha value is -1.88.